The molecule has 0 saturated heterocycles. The minimum atomic E-state index is 0.157. The van der Waals surface area contributed by atoms with Crippen LogP contribution in [-0.4, -0.2) is 29.4 Å². The number of aromatic amines is 1. The van der Waals surface area contributed by atoms with Crippen molar-refractivity contribution in [1.29, 1.82) is 0 Å². The molecule has 0 aromatic carbocycles. The Bertz CT molecular complexity index is 260. The molecule has 4 heteroatoms. The Kier molecular flexibility index (Phi) is 4.46. The number of hydrogen-bond donors (Lipinski definition) is 2. The van der Waals surface area contributed by atoms with Crippen LogP contribution in [0, 0.1) is 6.92 Å². The van der Waals surface area contributed by atoms with Crippen LogP contribution < -0.4 is 10.1 Å². The number of nitrogens with one attached hydrogen (secondary N) is 2. The largest absolute Gasteiger partial charge is 0.472 e. The minimum absolute atomic E-state index is 0.157. The highest BCUT2D eigenvalue weighted by Gasteiger charge is 2.05. The number of aromatic nitrogens is 2. The Balaban J connectivity index is 2.23. The van der Waals surface area contributed by atoms with Gasteiger partial charge < -0.3 is 10.1 Å². The number of rotatable bonds is 6. The van der Waals surface area contributed by atoms with Gasteiger partial charge in [-0.2, -0.15) is 0 Å². The topological polar surface area (TPSA) is 49.9 Å². The quantitative estimate of drug-likeness (QED) is 0.679. The monoisotopic (exact) mass is 197 g/mol. The first kappa shape index (κ1) is 11.0. The van der Waals surface area contributed by atoms with Crippen LogP contribution >= 0.6 is 0 Å². The van der Waals surface area contributed by atoms with Crippen LogP contribution in [-0.2, 0) is 0 Å². The summed E-state index contributed by atoms with van der Waals surface area (Å²) in [5.74, 6) is 0.674. The molecule has 1 aromatic rings. The summed E-state index contributed by atoms with van der Waals surface area (Å²) < 4.78 is 5.58. The lowest BCUT2D eigenvalue weighted by Gasteiger charge is -2.12. The summed E-state index contributed by atoms with van der Waals surface area (Å²) in [7, 11) is 0. The molecular formula is C10H19N3O. The van der Waals surface area contributed by atoms with Gasteiger partial charge in [0.1, 0.15) is 6.10 Å². The molecule has 80 valence electrons. The molecule has 2 N–H and O–H groups in total. The van der Waals surface area contributed by atoms with E-state index in [4.69, 9.17) is 4.74 Å². The van der Waals surface area contributed by atoms with Crippen LogP contribution in [0.2, 0.25) is 0 Å². The van der Waals surface area contributed by atoms with Gasteiger partial charge in [0.05, 0.1) is 0 Å². The first-order valence-electron chi connectivity index (χ1n) is 5.11. The standard InChI is InChI=1S/C10H19N3O/c1-4-5-11-7-9(3)14-10-6-8(2)12-13-10/h6,9,11H,4-5,7H2,1-3H3,(H,12,13). The molecule has 0 aliphatic rings. The van der Waals surface area contributed by atoms with Crippen molar-refractivity contribution < 1.29 is 4.74 Å². The third-order valence-electron chi connectivity index (χ3n) is 1.86. The van der Waals surface area contributed by atoms with Gasteiger partial charge in [-0.3, -0.25) is 5.10 Å². The molecule has 0 aliphatic carbocycles. The summed E-state index contributed by atoms with van der Waals surface area (Å²) in [5.41, 5.74) is 1.02. The predicted octanol–water partition coefficient (Wildman–Crippen LogP) is 1.49. The fourth-order valence-electron chi connectivity index (χ4n) is 1.18. The summed E-state index contributed by atoms with van der Waals surface area (Å²) >= 11 is 0. The average Bonchev–Trinajstić information content (AvgIpc) is 2.52. The van der Waals surface area contributed by atoms with Crippen LogP contribution in [0.5, 0.6) is 5.88 Å². The van der Waals surface area contributed by atoms with Crippen molar-refractivity contribution in [2.24, 2.45) is 0 Å². The van der Waals surface area contributed by atoms with E-state index in [1.165, 1.54) is 0 Å². The lowest BCUT2D eigenvalue weighted by Crippen LogP contribution is -2.29. The number of ether oxygens (including phenoxy) is 1. The number of nitrogens with zero attached hydrogens (tertiary/aromatic N) is 1. The molecule has 0 amide bonds. The average molecular weight is 197 g/mol. The minimum Gasteiger partial charge on any atom is -0.472 e. The Labute approximate surface area is 85.0 Å². The number of aryl methyl sites for hydroxylation is 1. The Hall–Kier alpha value is -1.03. The lowest BCUT2D eigenvalue weighted by molar-refractivity contribution is 0.208. The summed E-state index contributed by atoms with van der Waals surface area (Å²) in [6.07, 6.45) is 1.30. The summed E-state index contributed by atoms with van der Waals surface area (Å²) in [5, 5.41) is 10.2. The van der Waals surface area contributed by atoms with E-state index < -0.39 is 0 Å². The van der Waals surface area contributed by atoms with Crippen molar-refractivity contribution in [1.82, 2.24) is 15.5 Å². The van der Waals surface area contributed by atoms with Crippen LogP contribution in [0.25, 0.3) is 0 Å². The van der Waals surface area contributed by atoms with E-state index in [2.05, 4.69) is 22.4 Å². The maximum absolute atomic E-state index is 5.58. The van der Waals surface area contributed by atoms with Gasteiger partial charge in [0.25, 0.3) is 0 Å². The van der Waals surface area contributed by atoms with Gasteiger partial charge in [0.15, 0.2) is 0 Å². The fraction of sp³-hybridized carbons (Fsp3) is 0.700. The predicted molar refractivity (Wildman–Crippen MR) is 56.6 cm³/mol. The second-order valence-electron chi connectivity index (χ2n) is 3.52. The van der Waals surface area contributed by atoms with Gasteiger partial charge in [-0.25, -0.2) is 0 Å². The molecule has 1 atom stereocenters. The highest BCUT2D eigenvalue weighted by atomic mass is 16.5. The molecule has 0 spiro atoms. The highest BCUT2D eigenvalue weighted by molar-refractivity contribution is 5.12. The third-order valence-corrected chi connectivity index (χ3v) is 1.86. The van der Waals surface area contributed by atoms with E-state index in [1.54, 1.807) is 0 Å². The van der Waals surface area contributed by atoms with Crippen molar-refractivity contribution in [3.05, 3.63) is 11.8 Å². The zero-order chi connectivity index (χ0) is 10.4. The molecule has 0 aliphatic heterocycles. The van der Waals surface area contributed by atoms with Crippen molar-refractivity contribution >= 4 is 0 Å². The van der Waals surface area contributed by atoms with Gasteiger partial charge in [0, 0.05) is 18.3 Å². The van der Waals surface area contributed by atoms with Gasteiger partial charge in [-0.05, 0) is 26.8 Å². The maximum atomic E-state index is 5.58. The smallest absolute Gasteiger partial charge is 0.233 e. The van der Waals surface area contributed by atoms with E-state index in [0.717, 1.165) is 25.2 Å². The first-order chi connectivity index (χ1) is 6.72. The molecule has 0 saturated carbocycles. The summed E-state index contributed by atoms with van der Waals surface area (Å²) in [6.45, 7) is 8.04. The second kappa shape index (κ2) is 5.65. The molecule has 14 heavy (non-hydrogen) atoms. The Morgan fingerprint density at radius 3 is 3.00 bits per heavy atom. The summed E-state index contributed by atoms with van der Waals surface area (Å²) in [4.78, 5) is 0. The molecule has 0 fully saturated rings. The van der Waals surface area contributed by atoms with Gasteiger partial charge in [0.2, 0.25) is 5.88 Å². The van der Waals surface area contributed by atoms with E-state index in [9.17, 15) is 0 Å². The molecule has 1 heterocycles. The lowest BCUT2D eigenvalue weighted by atomic mass is 10.4. The molecule has 0 bridgehead atoms. The fourth-order valence-corrected chi connectivity index (χ4v) is 1.18. The molecule has 1 unspecified atom stereocenters. The van der Waals surface area contributed by atoms with Gasteiger partial charge in [-0.1, -0.05) is 6.92 Å². The van der Waals surface area contributed by atoms with Crippen LogP contribution in [0.3, 0.4) is 0 Å². The van der Waals surface area contributed by atoms with Crippen molar-refractivity contribution in [3.8, 4) is 5.88 Å². The Morgan fingerprint density at radius 2 is 2.43 bits per heavy atom. The molecule has 4 nitrogen and oxygen atoms in total. The second-order valence-corrected chi connectivity index (χ2v) is 3.52. The van der Waals surface area contributed by atoms with Crippen molar-refractivity contribution in [3.63, 3.8) is 0 Å². The van der Waals surface area contributed by atoms with E-state index in [0.29, 0.717) is 5.88 Å². The van der Waals surface area contributed by atoms with E-state index >= 15 is 0 Å². The molecule has 1 rings (SSSR count). The molecular weight excluding hydrogens is 178 g/mol. The van der Waals surface area contributed by atoms with Gasteiger partial charge >= 0.3 is 0 Å². The highest BCUT2D eigenvalue weighted by Crippen LogP contribution is 2.08. The van der Waals surface area contributed by atoms with Crippen LogP contribution in [0.1, 0.15) is 26.0 Å². The van der Waals surface area contributed by atoms with E-state index in [1.807, 2.05) is 19.9 Å². The van der Waals surface area contributed by atoms with E-state index in [-0.39, 0.29) is 6.10 Å². The van der Waals surface area contributed by atoms with Crippen LogP contribution in [0.15, 0.2) is 6.07 Å². The zero-order valence-corrected chi connectivity index (χ0v) is 9.13. The number of hydrogen-bond acceptors (Lipinski definition) is 3. The third kappa shape index (κ3) is 3.79. The summed E-state index contributed by atoms with van der Waals surface area (Å²) in [6, 6.07) is 1.90. The SMILES string of the molecule is CCCNCC(C)Oc1cc(C)[nH]n1. The first-order valence-corrected chi connectivity index (χ1v) is 5.11. The zero-order valence-electron chi connectivity index (χ0n) is 9.13. The molecule has 0 radical (unpaired) electrons. The molecule has 1 aromatic heterocycles. The van der Waals surface area contributed by atoms with Crippen molar-refractivity contribution in [2.45, 2.75) is 33.3 Å². The van der Waals surface area contributed by atoms with Crippen molar-refractivity contribution in [2.75, 3.05) is 13.1 Å². The van der Waals surface area contributed by atoms with Crippen LogP contribution in [0.4, 0.5) is 0 Å². The Morgan fingerprint density at radius 1 is 1.64 bits per heavy atom. The maximum Gasteiger partial charge on any atom is 0.233 e. The normalized spacial score (nSPS) is 12.8. The number of H-pyrrole nitrogens is 1. The van der Waals surface area contributed by atoms with Gasteiger partial charge in [-0.15, -0.1) is 5.10 Å².